The third kappa shape index (κ3) is 3.09. The van der Waals surface area contributed by atoms with Gasteiger partial charge in [-0.2, -0.15) is 0 Å². The smallest absolute Gasteiger partial charge is 0.272 e. The van der Waals surface area contributed by atoms with Crippen molar-refractivity contribution >= 4 is 29.1 Å². The van der Waals surface area contributed by atoms with Gasteiger partial charge in [-0.15, -0.1) is 0 Å². The highest BCUT2D eigenvalue weighted by Gasteiger charge is 2.35. The van der Waals surface area contributed by atoms with Gasteiger partial charge in [0.25, 0.3) is 5.91 Å². The number of amides is 2. The molecule has 2 N–H and O–H groups in total. The molecule has 0 bridgehead atoms. The zero-order valence-corrected chi connectivity index (χ0v) is 15.1. The number of nitrogens with one attached hydrogen (secondary N) is 2. The van der Waals surface area contributed by atoms with Gasteiger partial charge >= 0.3 is 0 Å². The number of aromatic nitrogens is 1. The van der Waals surface area contributed by atoms with Crippen LogP contribution in [0.25, 0.3) is 0 Å². The maximum absolute atomic E-state index is 13.3. The lowest BCUT2D eigenvalue weighted by molar-refractivity contribution is -0.123. The summed E-state index contributed by atoms with van der Waals surface area (Å²) < 4.78 is 15.1. The molecule has 0 spiro atoms. The van der Waals surface area contributed by atoms with Gasteiger partial charge in [0, 0.05) is 24.8 Å². The molecular weight excluding hydrogens is 357 g/mol. The fourth-order valence-corrected chi connectivity index (χ4v) is 3.73. The normalized spacial score (nSPS) is 18.5. The van der Waals surface area contributed by atoms with Crippen molar-refractivity contribution in [3.05, 3.63) is 52.1 Å². The van der Waals surface area contributed by atoms with Gasteiger partial charge in [0.05, 0.1) is 11.1 Å². The van der Waals surface area contributed by atoms with Crippen molar-refractivity contribution in [3.63, 3.8) is 0 Å². The molecule has 0 unspecified atom stereocenters. The van der Waals surface area contributed by atoms with Gasteiger partial charge in [0.15, 0.2) is 0 Å². The van der Waals surface area contributed by atoms with Gasteiger partial charge in [-0.25, -0.2) is 4.39 Å². The molecule has 1 atom stereocenters. The van der Waals surface area contributed by atoms with Crippen molar-refractivity contribution in [1.29, 1.82) is 0 Å². The van der Waals surface area contributed by atoms with Gasteiger partial charge in [-0.1, -0.05) is 11.6 Å². The van der Waals surface area contributed by atoms with Crippen LogP contribution in [-0.4, -0.2) is 16.4 Å². The molecule has 1 aromatic heterocycles. The maximum Gasteiger partial charge on any atom is 0.272 e. The number of carbonyl (C=O) groups is 2. The van der Waals surface area contributed by atoms with Crippen LogP contribution in [0.5, 0.6) is 0 Å². The minimum Gasteiger partial charge on any atom is -0.349 e. The van der Waals surface area contributed by atoms with Gasteiger partial charge in [-0.05, 0) is 55.0 Å². The highest BCUT2D eigenvalue weighted by Crippen LogP contribution is 2.37. The summed E-state index contributed by atoms with van der Waals surface area (Å²) in [6.07, 6.45) is 5.38. The Kier molecular flexibility index (Phi) is 4.23. The average Bonchev–Trinajstić information content (AvgIpc) is 3.30. The van der Waals surface area contributed by atoms with Gasteiger partial charge in [-0.3, -0.25) is 9.59 Å². The molecule has 7 heteroatoms. The second-order valence-corrected chi connectivity index (χ2v) is 7.39. The molecule has 4 rings (SSSR count). The molecule has 0 saturated heterocycles. The largest absolute Gasteiger partial charge is 0.349 e. The molecule has 26 heavy (non-hydrogen) atoms. The Morgan fingerprint density at radius 2 is 2.04 bits per heavy atom. The minimum atomic E-state index is -0.529. The number of hydrogen-bond donors (Lipinski definition) is 2. The zero-order chi connectivity index (χ0) is 18.4. The first kappa shape index (κ1) is 17.1. The van der Waals surface area contributed by atoms with Crippen molar-refractivity contribution in [2.24, 2.45) is 13.0 Å². The van der Waals surface area contributed by atoms with E-state index in [2.05, 4.69) is 10.6 Å². The number of aryl methyl sites for hydroxylation is 1. The summed E-state index contributed by atoms with van der Waals surface area (Å²) in [5.74, 6) is -0.531. The highest BCUT2D eigenvalue weighted by molar-refractivity contribution is 6.31. The lowest BCUT2D eigenvalue weighted by Crippen LogP contribution is -2.28. The van der Waals surface area contributed by atoms with E-state index in [-0.39, 0.29) is 28.8 Å². The number of fused-ring (bicyclic) bond motifs is 1. The van der Waals surface area contributed by atoms with Crippen LogP contribution in [0, 0.1) is 11.7 Å². The summed E-state index contributed by atoms with van der Waals surface area (Å²) in [6, 6.07) is 4.04. The molecule has 1 heterocycles. The summed E-state index contributed by atoms with van der Waals surface area (Å²) in [5.41, 5.74) is 2.96. The predicted molar refractivity (Wildman–Crippen MR) is 96.7 cm³/mol. The molecule has 2 aromatic rings. The molecule has 0 radical (unpaired) electrons. The Bertz CT molecular complexity index is 904. The van der Waals surface area contributed by atoms with E-state index < -0.39 is 5.82 Å². The molecule has 2 aliphatic rings. The molecule has 5 nitrogen and oxygen atoms in total. The van der Waals surface area contributed by atoms with E-state index in [0.29, 0.717) is 11.4 Å². The first-order valence-corrected chi connectivity index (χ1v) is 9.06. The first-order chi connectivity index (χ1) is 12.4. The van der Waals surface area contributed by atoms with E-state index in [1.807, 2.05) is 13.2 Å². The molecule has 2 amide bonds. The summed E-state index contributed by atoms with van der Waals surface area (Å²) in [6.45, 7) is 0. The standard InChI is InChI=1S/C19H19ClFN3O2/c1-24-9-13-12(5-7-16(13)23-18(25)10-2-3-10)17(24)19(26)22-11-4-6-15(21)14(20)8-11/h4,6,8-10,16H,2-3,5,7H2,1H3,(H,22,26)(H,23,25)/t16-/m0/s1. The quantitative estimate of drug-likeness (QED) is 0.857. The van der Waals surface area contributed by atoms with Gasteiger partial charge in [0.2, 0.25) is 5.91 Å². The number of anilines is 1. The minimum absolute atomic E-state index is 0.0360. The number of halogens is 2. The van der Waals surface area contributed by atoms with Crippen molar-refractivity contribution < 1.29 is 14.0 Å². The second kappa shape index (κ2) is 6.43. The molecule has 1 fully saturated rings. The van der Waals surface area contributed by atoms with Crippen molar-refractivity contribution in [1.82, 2.24) is 9.88 Å². The third-order valence-corrected chi connectivity index (χ3v) is 5.33. The molecule has 1 aromatic carbocycles. The molecule has 2 aliphatic carbocycles. The van der Waals surface area contributed by atoms with Crippen LogP contribution in [0.4, 0.5) is 10.1 Å². The Balaban J connectivity index is 1.54. The number of carbonyl (C=O) groups excluding carboxylic acids is 2. The van der Waals surface area contributed by atoms with Gasteiger partial charge < -0.3 is 15.2 Å². The first-order valence-electron chi connectivity index (χ1n) is 8.69. The topological polar surface area (TPSA) is 63.1 Å². The molecule has 1 saturated carbocycles. The zero-order valence-electron chi connectivity index (χ0n) is 14.3. The van der Waals surface area contributed by atoms with Crippen LogP contribution in [0.15, 0.2) is 24.4 Å². The molecule has 136 valence electrons. The third-order valence-electron chi connectivity index (χ3n) is 5.04. The highest BCUT2D eigenvalue weighted by atomic mass is 35.5. The summed E-state index contributed by atoms with van der Waals surface area (Å²) >= 11 is 5.77. The van der Waals surface area contributed by atoms with E-state index in [9.17, 15) is 14.0 Å². The molecule has 0 aliphatic heterocycles. The lowest BCUT2D eigenvalue weighted by atomic mass is 10.1. The number of hydrogen-bond acceptors (Lipinski definition) is 2. The SMILES string of the molecule is Cn1cc2c(c1C(=O)Nc1ccc(F)c(Cl)c1)CC[C@@H]2NC(=O)C1CC1. The summed E-state index contributed by atoms with van der Waals surface area (Å²) in [5, 5.41) is 5.83. The fourth-order valence-electron chi connectivity index (χ4n) is 3.55. The van der Waals surface area contributed by atoms with Crippen LogP contribution in [0.1, 0.15) is 46.9 Å². The fraction of sp³-hybridized carbons (Fsp3) is 0.368. The maximum atomic E-state index is 13.3. The van der Waals surface area contributed by atoms with Crippen molar-refractivity contribution in [2.45, 2.75) is 31.7 Å². The van der Waals surface area contributed by atoms with E-state index in [1.54, 1.807) is 4.57 Å². The number of benzene rings is 1. The van der Waals surface area contributed by atoms with Crippen LogP contribution >= 0.6 is 11.6 Å². The van der Waals surface area contributed by atoms with Crippen LogP contribution in [0.3, 0.4) is 0 Å². The van der Waals surface area contributed by atoms with Gasteiger partial charge in [0.1, 0.15) is 11.5 Å². The number of rotatable bonds is 4. The van der Waals surface area contributed by atoms with E-state index in [1.165, 1.54) is 18.2 Å². The Hall–Kier alpha value is -2.34. The Labute approximate surface area is 155 Å². The van der Waals surface area contributed by atoms with Crippen LogP contribution < -0.4 is 10.6 Å². The molecular formula is C19H19ClFN3O2. The van der Waals surface area contributed by atoms with Crippen LogP contribution in [0.2, 0.25) is 5.02 Å². The van der Waals surface area contributed by atoms with Crippen molar-refractivity contribution in [2.75, 3.05) is 5.32 Å². The predicted octanol–water partition coefficient (Wildman–Crippen LogP) is 3.58. The van der Waals surface area contributed by atoms with Crippen molar-refractivity contribution in [3.8, 4) is 0 Å². The summed E-state index contributed by atoms with van der Waals surface area (Å²) in [4.78, 5) is 24.8. The second-order valence-electron chi connectivity index (χ2n) is 6.98. The number of nitrogens with zero attached hydrogens (tertiary/aromatic N) is 1. The van der Waals surface area contributed by atoms with Crippen LogP contribution in [-0.2, 0) is 18.3 Å². The monoisotopic (exact) mass is 375 g/mol. The van der Waals surface area contributed by atoms with E-state index in [4.69, 9.17) is 11.6 Å². The van der Waals surface area contributed by atoms with E-state index in [0.717, 1.165) is 36.8 Å². The lowest BCUT2D eigenvalue weighted by Gasteiger charge is -2.12. The Morgan fingerprint density at radius 1 is 1.27 bits per heavy atom. The Morgan fingerprint density at radius 3 is 2.73 bits per heavy atom. The summed E-state index contributed by atoms with van der Waals surface area (Å²) in [7, 11) is 1.81. The van der Waals surface area contributed by atoms with E-state index >= 15 is 0 Å². The average molecular weight is 376 g/mol.